The highest BCUT2D eigenvalue weighted by Gasteiger charge is 2.01. The molecule has 0 aliphatic carbocycles. The van der Waals surface area contributed by atoms with Gasteiger partial charge >= 0.3 is 0 Å². The smallest absolute Gasteiger partial charge is 0.220 e. The van der Waals surface area contributed by atoms with Gasteiger partial charge in [0.15, 0.2) is 0 Å². The molecular weight excluding hydrogens is 272 g/mol. The number of carbonyl (C=O) groups excluding carboxylic acids is 1. The van der Waals surface area contributed by atoms with E-state index >= 15 is 0 Å². The molecule has 0 atom stereocenters. The molecule has 0 aliphatic rings. The van der Waals surface area contributed by atoms with Gasteiger partial charge in [0.05, 0.1) is 0 Å². The summed E-state index contributed by atoms with van der Waals surface area (Å²) in [5, 5.41) is 6.20. The third-order valence-corrected chi connectivity index (χ3v) is 3.12. The average Bonchev–Trinajstić information content (AvgIpc) is 2.45. The maximum atomic E-state index is 11.6. The van der Waals surface area contributed by atoms with Gasteiger partial charge in [-0.05, 0) is 36.9 Å². The van der Waals surface area contributed by atoms with E-state index in [-0.39, 0.29) is 18.3 Å². The van der Waals surface area contributed by atoms with Crippen molar-refractivity contribution in [2.75, 3.05) is 19.6 Å². The molecule has 0 spiro atoms. The van der Waals surface area contributed by atoms with E-state index < -0.39 is 0 Å². The Morgan fingerprint density at radius 1 is 1.00 bits per heavy atom. The Morgan fingerprint density at radius 2 is 1.65 bits per heavy atom. The van der Waals surface area contributed by atoms with Crippen LogP contribution in [0.2, 0.25) is 0 Å². The van der Waals surface area contributed by atoms with Crippen LogP contribution < -0.4 is 10.6 Å². The number of aryl methyl sites for hydroxylation is 2. The minimum Gasteiger partial charge on any atom is -0.355 e. The molecule has 0 saturated carbocycles. The van der Waals surface area contributed by atoms with Gasteiger partial charge in [-0.3, -0.25) is 4.79 Å². The van der Waals surface area contributed by atoms with E-state index in [1.165, 1.54) is 11.1 Å². The van der Waals surface area contributed by atoms with E-state index in [9.17, 15) is 4.79 Å². The van der Waals surface area contributed by atoms with Gasteiger partial charge in [-0.25, -0.2) is 0 Å². The molecule has 0 aromatic heterocycles. The number of hydrogen-bond acceptors (Lipinski definition) is 2. The van der Waals surface area contributed by atoms with Crippen LogP contribution in [0.3, 0.4) is 0 Å². The Kier molecular flexibility index (Phi) is 11.1. The van der Waals surface area contributed by atoms with Gasteiger partial charge in [0.25, 0.3) is 0 Å². The summed E-state index contributed by atoms with van der Waals surface area (Å²) in [6.07, 6.45) is 3.57. The van der Waals surface area contributed by atoms with Crippen LogP contribution in [0.1, 0.15) is 37.8 Å². The predicted octanol–water partition coefficient (Wildman–Crippen LogP) is 2.72. The minimum absolute atomic E-state index is 0. The molecule has 0 aliphatic heterocycles. The van der Waals surface area contributed by atoms with E-state index in [1.807, 2.05) is 0 Å². The molecule has 1 aromatic rings. The van der Waals surface area contributed by atoms with Crippen molar-refractivity contribution in [1.82, 2.24) is 10.6 Å². The van der Waals surface area contributed by atoms with Gasteiger partial charge in [0, 0.05) is 19.5 Å². The number of hydrogen-bond donors (Lipinski definition) is 2. The number of benzene rings is 1. The number of rotatable bonds is 9. The standard InChI is InChI=1S/C16H26N2O.ClH/c1-3-11-17-12-13-18-16(19)10-9-15-7-5-14(4-2)6-8-15;/h5-8,17H,3-4,9-13H2,1-2H3,(H,18,19);1H. The van der Waals surface area contributed by atoms with Crippen molar-refractivity contribution in [3.05, 3.63) is 35.4 Å². The molecule has 1 amide bonds. The maximum Gasteiger partial charge on any atom is 0.220 e. The Balaban J connectivity index is 0.00000361. The fourth-order valence-corrected chi connectivity index (χ4v) is 1.88. The molecule has 0 saturated heterocycles. The van der Waals surface area contributed by atoms with Gasteiger partial charge < -0.3 is 10.6 Å². The van der Waals surface area contributed by atoms with Crippen LogP contribution in [0.4, 0.5) is 0 Å². The quantitative estimate of drug-likeness (QED) is 0.688. The number of carbonyl (C=O) groups is 1. The lowest BCUT2D eigenvalue weighted by Gasteiger charge is -2.06. The van der Waals surface area contributed by atoms with Crippen molar-refractivity contribution < 1.29 is 4.79 Å². The largest absolute Gasteiger partial charge is 0.355 e. The van der Waals surface area contributed by atoms with Crippen LogP contribution in [0.25, 0.3) is 0 Å². The van der Waals surface area contributed by atoms with Crippen molar-refractivity contribution >= 4 is 18.3 Å². The van der Waals surface area contributed by atoms with E-state index in [4.69, 9.17) is 0 Å². The van der Waals surface area contributed by atoms with Crippen molar-refractivity contribution in [2.45, 2.75) is 39.5 Å². The second-order valence-corrected chi connectivity index (χ2v) is 4.77. The first-order valence-corrected chi connectivity index (χ1v) is 7.31. The molecular formula is C16H27ClN2O. The Bertz CT molecular complexity index is 365. The first-order valence-electron chi connectivity index (χ1n) is 7.31. The molecule has 0 unspecified atom stereocenters. The second-order valence-electron chi connectivity index (χ2n) is 4.77. The number of nitrogens with one attached hydrogen (secondary N) is 2. The molecule has 2 N–H and O–H groups in total. The summed E-state index contributed by atoms with van der Waals surface area (Å²) in [7, 11) is 0. The zero-order valence-electron chi connectivity index (χ0n) is 12.6. The van der Waals surface area contributed by atoms with Gasteiger partial charge in [0.1, 0.15) is 0 Å². The van der Waals surface area contributed by atoms with Gasteiger partial charge in [-0.1, -0.05) is 38.1 Å². The summed E-state index contributed by atoms with van der Waals surface area (Å²) >= 11 is 0. The summed E-state index contributed by atoms with van der Waals surface area (Å²) in [5.41, 5.74) is 2.58. The maximum absolute atomic E-state index is 11.6. The third kappa shape index (κ3) is 8.18. The lowest BCUT2D eigenvalue weighted by atomic mass is 10.1. The van der Waals surface area contributed by atoms with E-state index in [1.54, 1.807) is 0 Å². The van der Waals surface area contributed by atoms with Crippen LogP contribution in [0.15, 0.2) is 24.3 Å². The van der Waals surface area contributed by atoms with Crippen LogP contribution in [-0.2, 0) is 17.6 Å². The summed E-state index contributed by atoms with van der Waals surface area (Å²) in [6.45, 7) is 6.86. The normalized spacial score (nSPS) is 9.90. The predicted molar refractivity (Wildman–Crippen MR) is 87.6 cm³/mol. The zero-order chi connectivity index (χ0) is 13.9. The lowest BCUT2D eigenvalue weighted by molar-refractivity contribution is -0.121. The molecule has 1 rings (SSSR count). The first-order chi connectivity index (χ1) is 9.26. The van der Waals surface area contributed by atoms with Crippen LogP contribution in [-0.4, -0.2) is 25.5 Å². The topological polar surface area (TPSA) is 41.1 Å². The zero-order valence-corrected chi connectivity index (χ0v) is 13.4. The molecule has 0 fully saturated rings. The highest BCUT2D eigenvalue weighted by Crippen LogP contribution is 2.07. The second kappa shape index (κ2) is 11.7. The number of halogens is 1. The Labute approximate surface area is 128 Å². The molecule has 3 nitrogen and oxygen atoms in total. The molecule has 0 radical (unpaired) electrons. The van der Waals surface area contributed by atoms with Gasteiger partial charge in [-0.15, -0.1) is 12.4 Å². The van der Waals surface area contributed by atoms with E-state index in [0.29, 0.717) is 13.0 Å². The molecule has 114 valence electrons. The molecule has 4 heteroatoms. The summed E-state index contributed by atoms with van der Waals surface area (Å²) < 4.78 is 0. The summed E-state index contributed by atoms with van der Waals surface area (Å²) in [5.74, 6) is 0.137. The Morgan fingerprint density at radius 3 is 2.25 bits per heavy atom. The molecule has 0 heterocycles. The number of amides is 1. The fraction of sp³-hybridized carbons (Fsp3) is 0.562. The van der Waals surface area contributed by atoms with E-state index in [0.717, 1.165) is 32.4 Å². The van der Waals surface area contributed by atoms with Crippen molar-refractivity contribution in [1.29, 1.82) is 0 Å². The van der Waals surface area contributed by atoms with Gasteiger partial charge in [-0.2, -0.15) is 0 Å². The highest BCUT2D eigenvalue weighted by atomic mass is 35.5. The monoisotopic (exact) mass is 298 g/mol. The van der Waals surface area contributed by atoms with Crippen LogP contribution in [0.5, 0.6) is 0 Å². The Hall–Kier alpha value is -1.06. The highest BCUT2D eigenvalue weighted by molar-refractivity contribution is 5.85. The average molecular weight is 299 g/mol. The summed E-state index contributed by atoms with van der Waals surface area (Å²) in [6, 6.07) is 8.52. The van der Waals surface area contributed by atoms with Crippen molar-refractivity contribution in [3.63, 3.8) is 0 Å². The molecule has 1 aromatic carbocycles. The van der Waals surface area contributed by atoms with Gasteiger partial charge in [0.2, 0.25) is 5.91 Å². The lowest BCUT2D eigenvalue weighted by Crippen LogP contribution is -2.32. The van der Waals surface area contributed by atoms with Crippen LogP contribution >= 0.6 is 12.4 Å². The minimum atomic E-state index is 0. The summed E-state index contributed by atoms with van der Waals surface area (Å²) in [4.78, 5) is 11.6. The SMILES string of the molecule is CCCNCCNC(=O)CCc1ccc(CC)cc1.Cl. The molecule has 0 bridgehead atoms. The van der Waals surface area contributed by atoms with Crippen molar-refractivity contribution in [2.24, 2.45) is 0 Å². The molecule has 20 heavy (non-hydrogen) atoms. The van der Waals surface area contributed by atoms with E-state index in [2.05, 4.69) is 48.7 Å². The van der Waals surface area contributed by atoms with Crippen molar-refractivity contribution in [3.8, 4) is 0 Å². The fourth-order valence-electron chi connectivity index (χ4n) is 1.88. The first kappa shape index (κ1) is 18.9. The van der Waals surface area contributed by atoms with Crippen LogP contribution in [0, 0.1) is 0 Å². The third-order valence-electron chi connectivity index (χ3n) is 3.12.